The number of nitrogens with zero attached hydrogens (tertiary/aromatic N) is 2. The normalized spacial score (nSPS) is 20.0. The number of aliphatic hydroxyl groups is 1. The van der Waals surface area contributed by atoms with Gasteiger partial charge in [0.05, 0.1) is 24.9 Å². The molecule has 108 valence electrons. The van der Waals surface area contributed by atoms with Crippen LogP contribution >= 0.6 is 0 Å². The molecule has 1 aliphatic rings. The minimum absolute atomic E-state index is 0.104. The van der Waals surface area contributed by atoms with Crippen molar-refractivity contribution in [2.45, 2.75) is 18.6 Å². The lowest BCUT2D eigenvalue weighted by Crippen LogP contribution is -2.35. The first-order valence-electron chi connectivity index (χ1n) is 6.79. The molecule has 1 aromatic carbocycles. The molecule has 0 fully saturated rings. The van der Waals surface area contributed by atoms with Crippen molar-refractivity contribution in [1.82, 2.24) is 15.3 Å². The molecule has 1 aliphatic carbocycles. The van der Waals surface area contributed by atoms with Gasteiger partial charge in [-0.3, -0.25) is 15.1 Å². The number of aliphatic hydroxyl groups excluding tert-OH is 1. The van der Waals surface area contributed by atoms with Crippen LogP contribution < -0.4 is 10.6 Å². The van der Waals surface area contributed by atoms with E-state index in [1.54, 1.807) is 6.20 Å². The molecule has 0 saturated heterocycles. The fraction of sp³-hybridized carbons (Fsp3) is 0.267. The van der Waals surface area contributed by atoms with Crippen LogP contribution in [0.15, 0.2) is 42.9 Å². The zero-order valence-corrected chi connectivity index (χ0v) is 11.4. The molecular weight excluding hydrogens is 268 g/mol. The summed E-state index contributed by atoms with van der Waals surface area (Å²) in [7, 11) is 0. The molecule has 1 heterocycles. The van der Waals surface area contributed by atoms with Crippen LogP contribution in [0.1, 0.15) is 17.2 Å². The van der Waals surface area contributed by atoms with Crippen molar-refractivity contribution in [3.8, 4) is 0 Å². The molecule has 2 aromatic rings. The number of benzene rings is 1. The van der Waals surface area contributed by atoms with Crippen molar-refractivity contribution in [1.29, 1.82) is 0 Å². The van der Waals surface area contributed by atoms with E-state index < -0.39 is 6.10 Å². The topological polar surface area (TPSA) is 87.1 Å². The summed E-state index contributed by atoms with van der Waals surface area (Å²) < 4.78 is 0. The zero-order valence-electron chi connectivity index (χ0n) is 11.4. The number of fused-ring (bicyclic) bond motifs is 1. The van der Waals surface area contributed by atoms with E-state index in [0.29, 0.717) is 12.2 Å². The first-order valence-corrected chi connectivity index (χ1v) is 6.79. The Morgan fingerprint density at radius 2 is 2.19 bits per heavy atom. The van der Waals surface area contributed by atoms with E-state index >= 15 is 0 Å². The van der Waals surface area contributed by atoms with Gasteiger partial charge in [-0.15, -0.1) is 0 Å². The predicted molar refractivity (Wildman–Crippen MR) is 77.6 cm³/mol. The Hall–Kier alpha value is -2.31. The second-order valence-electron chi connectivity index (χ2n) is 4.97. The largest absolute Gasteiger partial charge is 0.391 e. The molecule has 1 aromatic heterocycles. The highest BCUT2D eigenvalue weighted by Crippen LogP contribution is 2.30. The van der Waals surface area contributed by atoms with Crippen molar-refractivity contribution < 1.29 is 9.90 Å². The van der Waals surface area contributed by atoms with Crippen LogP contribution in [-0.4, -0.2) is 33.6 Å². The summed E-state index contributed by atoms with van der Waals surface area (Å²) >= 11 is 0. The third-order valence-corrected chi connectivity index (χ3v) is 3.52. The maximum absolute atomic E-state index is 11.9. The summed E-state index contributed by atoms with van der Waals surface area (Å²) in [5, 5.41) is 15.8. The third-order valence-electron chi connectivity index (χ3n) is 3.52. The zero-order chi connectivity index (χ0) is 14.7. The van der Waals surface area contributed by atoms with E-state index in [1.807, 2.05) is 24.3 Å². The Morgan fingerprint density at radius 3 is 3.00 bits per heavy atom. The van der Waals surface area contributed by atoms with Gasteiger partial charge >= 0.3 is 0 Å². The third kappa shape index (κ3) is 3.07. The van der Waals surface area contributed by atoms with Gasteiger partial charge in [-0.05, 0) is 11.1 Å². The number of carbonyl (C=O) groups is 1. The van der Waals surface area contributed by atoms with Crippen LogP contribution in [0.5, 0.6) is 0 Å². The Balaban J connectivity index is 1.59. The molecule has 0 saturated carbocycles. The smallest absolute Gasteiger partial charge is 0.239 e. The SMILES string of the molecule is O=C(CN[C@@H]1c2ccccc2C[C@@H]1O)Nc1cnccn1. The Morgan fingerprint density at radius 1 is 1.33 bits per heavy atom. The Kier molecular flexibility index (Phi) is 3.89. The van der Waals surface area contributed by atoms with Crippen molar-refractivity contribution >= 4 is 11.7 Å². The summed E-state index contributed by atoms with van der Waals surface area (Å²) in [6.45, 7) is 0.104. The van der Waals surface area contributed by atoms with Gasteiger partial charge in [-0.1, -0.05) is 24.3 Å². The van der Waals surface area contributed by atoms with Gasteiger partial charge in [0.25, 0.3) is 0 Å². The molecule has 0 unspecified atom stereocenters. The van der Waals surface area contributed by atoms with Gasteiger partial charge in [0, 0.05) is 18.8 Å². The number of amides is 1. The Bertz CT molecular complexity index is 633. The summed E-state index contributed by atoms with van der Waals surface area (Å²) in [4.78, 5) is 19.7. The highest BCUT2D eigenvalue weighted by atomic mass is 16.3. The second kappa shape index (κ2) is 5.99. The van der Waals surface area contributed by atoms with E-state index in [0.717, 1.165) is 11.1 Å². The van der Waals surface area contributed by atoms with E-state index in [4.69, 9.17) is 0 Å². The minimum Gasteiger partial charge on any atom is -0.391 e. The van der Waals surface area contributed by atoms with Crippen molar-refractivity contribution in [2.75, 3.05) is 11.9 Å². The fourth-order valence-corrected chi connectivity index (χ4v) is 2.57. The predicted octanol–water partition coefficient (Wildman–Crippen LogP) is 0.663. The van der Waals surface area contributed by atoms with Gasteiger partial charge in [-0.25, -0.2) is 4.98 Å². The Labute approximate surface area is 122 Å². The van der Waals surface area contributed by atoms with Gasteiger partial charge in [0.2, 0.25) is 5.91 Å². The number of hydrogen-bond acceptors (Lipinski definition) is 5. The molecule has 0 bridgehead atoms. The average molecular weight is 284 g/mol. The van der Waals surface area contributed by atoms with Gasteiger partial charge in [0.15, 0.2) is 5.82 Å². The lowest BCUT2D eigenvalue weighted by Gasteiger charge is -2.17. The van der Waals surface area contributed by atoms with Gasteiger partial charge in [-0.2, -0.15) is 0 Å². The number of carbonyl (C=O) groups excluding carboxylic acids is 1. The molecule has 0 aliphatic heterocycles. The molecule has 2 atom stereocenters. The van der Waals surface area contributed by atoms with Crippen LogP contribution in [0.2, 0.25) is 0 Å². The monoisotopic (exact) mass is 284 g/mol. The highest BCUT2D eigenvalue weighted by molar-refractivity contribution is 5.91. The summed E-state index contributed by atoms with van der Waals surface area (Å²) in [6.07, 6.45) is 4.64. The number of anilines is 1. The molecular formula is C15H16N4O2. The van der Waals surface area contributed by atoms with Gasteiger partial charge < -0.3 is 10.4 Å². The van der Waals surface area contributed by atoms with Crippen molar-refractivity contribution in [3.63, 3.8) is 0 Å². The maximum atomic E-state index is 11.9. The van der Waals surface area contributed by atoms with Gasteiger partial charge in [0.1, 0.15) is 0 Å². The standard InChI is InChI=1S/C15H16N4O2/c20-12-7-10-3-1-2-4-11(10)15(12)18-9-14(21)19-13-8-16-5-6-17-13/h1-6,8,12,15,18,20H,7,9H2,(H,17,19,21)/t12-,15+/m0/s1. The minimum atomic E-state index is -0.508. The summed E-state index contributed by atoms with van der Waals surface area (Å²) in [6, 6.07) is 7.65. The van der Waals surface area contributed by atoms with Crippen molar-refractivity contribution in [2.24, 2.45) is 0 Å². The van der Waals surface area contributed by atoms with E-state index in [2.05, 4.69) is 20.6 Å². The fourth-order valence-electron chi connectivity index (χ4n) is 2.57. The molecule has 21 heavy (non-hydrogen) atoms. The number of aromatic nitrogens is 2. The van der Waals surface area contributed by atoms with Crippen LogP contribution in [-0.2, 0) is 11.2 Å². The summed E-state index contributed by atoms with van der Waals surface area (Å²) in [5.41, 5.74) is 2.18. The molecule has 6 heteroatoms. The van der Waals surface area contributed by atoms with Crippen LogP contribution in [0.4, 0.5) is 5.82 Å². The number of hydrogen-bond donors (Lipinski definition) is 3. The van der Waals surface area contributed by atoms with Crippen LogP contribution in [0.3, 0.4) is 0 Å². The van der Waals surface area contributed by atoms with E-state index in [9.17, 15) is 9.90 Å². The maximum Gasteiger partial charge on any atom is 0.239 e. The molecule has 6 nitrogen and oxygen atoms in total. The summed E-state index contributed by atoms with van der Waals surface area (Å²) in [5.74, 6) is 0.198. The van der Waals surface area contributed by atoms with Crippen LogP contribution in [0.25, 0.3) is 0 Å². The van der Waals surface area contributed by atoms with Crippen LogP contribution in [0, 0.1) is 0 Å². The van der Waals surface area contributed by atoms with E-state index in [1.165, 1.54) is 12.4 Å². The number of nitrogens with one attached hydrogen (secondary N) is 2. The molecule has 3 N–H and O–H groups in total. The lowest BCUT2D eigenvalue weighted by atomic mass is 10.1. The quantitative estimate of drug-likeness (QED) is 0.768. The average Bonchev–Trinajstić information content (AvgIpc) is 2.81. The molecule has 3 rings (SSSR count). The number of rotatable bonds is 4. The highest BCUT2D eigenvalue weighted by Gasteiger charge is 2.30. The first kappa shape index (κ1) is 13.7. The first-order chi connectivity index (χ1) is 10.2. The lowest BCUT2D eigenvalue weighted by molar-refractivity contribution is -0.115. The molecule has 1 amide bonds. The molecule has 0 spiro atoms. The molecule has 0 radical (unpaired) electrons. The second-order valence-corrected chi connectivity index (χ2v) is 4.97. The van der Waals surface area contributed by atoms with E-state index in [-0.39, 0.29) is 18.5 Å². The van der Waals surface area contributed by atoms with Crippen molar-refractivity contribution in [3.05, 3.63) is 54.0 Å².